The Bertz CT molecular complexity index is 2170. The first-order chi connectivity index (χ1) is 21.4. The minimum atomic E-state index is -1.34. The van der Waals surface area contributed by atoms with Gasteiger partial charge in [-0.25, -0.2) is 0 Å². The van der Waals surface area contributed by atoms with Crippen LogP contribution < -0.4 is 5.19 Å². The SMILES string of the molecule is CC(=O)/C=C(/C)O.Cc1cc2c(ccc3c(-c4[c-]c5ccccc5c(C#N)c4)nccc32)c(C)c1-c1ccc([Si](C)(C)C)cc1.[Ir]. The number of rotatable bonds is 4. The molecule has 0 amide bonds. The molecule has 0 fully saturated rings. The Hall–Kier alpha value is -4.40. The first-order valence-electron chi connectivity index (χ1n) is 15.0. The molecule has 0 saturated heterocycles. The van der Waals surface area contributed by atoms with Crippen molar-refractivity contribution in [1.82, 2.24) is 4.98 Å². The molecule has 1 N–H and O–H groups in total. The normalized spacial score (nSPS) is 11.5. The minimum Gasteiger partial charge on any atom is -0.512 e. The van der Waals surface area contributed by atoms with Gasteiger partial charge in [-0.2, -0.15) is 5.26 Å². The number of nitrogens with zero attached hydrogens (tertiary/aromatic N) is 2. The van der Waals surface area contributed by atoms with Gasteiger partial charge >= 0.3 is 0 Å². The van der Waals surface area contributed by atoms with Crippen LogP contribution in [0.2, 0.25) is 19.6 Å². The summed E-state index contributed by atoms with van der Waals surface area (Å²) in [5.74, 6) is -0.0625. The summed E-state index contributed by atoms with van der Waals surface area (Å²) in [6, 6.07) is 33.8. The van der Waals surface area contributed by atoms with E-state index >= 15 is 0 Å². The predicted molar refractivity (Wildman–Crippen MR) is 191 cm³/mol. The fourth-order valence-electron chi connectivity index (χ4n) is 6.02. The van der Waals surface area contributed by atoms with Crippen LogP contribution >= 0.6 is 0 Å². The Balaban J connectivity index is 0.000000542. The molecule has 233 valence electrons. The van der Waals surface area contributed by atoms with Crippen LogP contribution in [-0.4, -0.2) is 23.9 Å². The molecule has 1 radical (unpaired) electrons. The van der Waals surface area contributed by atoms with Crippen molar-refractivity contribution in [1.29, 1.82) is 5.26 Å². The van der Waals surface area contributed by atoms with Crippen molar-refractivity contribution in [3.8, 4) is 28.5 Å². The molecule has 4 nitrogen and oxygen atoms in total. The summed E-state index contributed by atoms with van der Waals surface area (Å²) >= 11 is 0. The van der Waals surface area contributed by atoms with E-state index in [4.69, 9.17) is 10.1 Å². The molecule has 0 aliphatic heterocycles. The Labute approximate surface area is 285 Å². The van der Waals surface area contributed by atoms with Crippen LogP contribution in [0.5, 0.6) is 0 Å². The van der Waals surface area contributed by atoms with E-state index in [0.717, 1.165) is 27.4 Å². The first kappa shape index (κ1) is 34.5. The number of hydrogen-bond donors (Lipinski definition) is 1. The molecule has 46 heavy (non-hydrogen) atoms. The van der Waals surface area contributed by atoms with E-state index in [9.17, 15) is 10.1 Å². The van der Waals surface area contributed by atoms with Crippen LogP contribution in [0.1, 0.15) is 30.5 Å². The molecule has 1 aromatic heterocycles. The summed E-state index contributed by atoms with van der Waals surface area (Å²) in [6.45, 7) is 14.5. The maximum Gasteiger partial charge on any atom is 0.155 e. The fourth-order valence-corrected chi connectivity index (χ4v) is 7.19. The molecule has 0 saturated carbocycles. The molecule has 6 rings (SSSR count). The Kier molecular flexibility index (Phi) is 10.4. The second-order valence-electron chi connectivity index (χ2n) is 12.6. The maximum atomic E-state index is 10.0. The van der Waals surface area contributed by atoms with Crippen LogP contribution in [0.4, 0.5) is 0 Å². The molecule has 0 aliphatic carbocycles. The number of hydrogen-bond acceptors (Lipinski definition) is 4. The van der Waals surface area contributed by atoms with Crippen molar-refractivity contribution < 1.29 is 30.0 Å². The molecular weight excluding hydrogens is 761 g/mol. The third-order valence-corrected chi connectivity index (χ3v) is 10.2. The number of benzene rings is 5. The van der Waals surface area contributed by atoms with E-state index in [0.29, 0.717) is 5.56 Å². The summed E-state index contributed by atoms with van der Waals surface area (Å²) in [5.41, 5.74) is 7.50. The monoisotopic (exact) mass is 798 g/mol. The van der Waals surface area contributed by atoms with Gasteiger partial charge in [-0.3, -0.25) is 9.78 Å². The van der Waals surface area contributed by atoms with Crippen molar-refractivity contribution in [2.24, 2.45) is 0 Å². The molecule has 0 aliphatic rings. The largest absolute Gasteiger partial charge is 0.512 e. The second-order valence-corrected chi connectivity index (χ2v) is 17.7. The number of aryl methyl sites for hydroxylation is 2. The van der Waals surface area contributed by atoms with Gasteiger partial charge in [-0.15, -0.1) is 23.6 Å². The average Bonchev–Trinajstić information content (AvgIpc) is 2.99. The smallest absolute Gasteiger partial charge is 0.155 e. The Morgan fingerprint density at radius 1 is 0.870 bits per heavy atom. The zero-order valence-electron chi connectivity index (χ0n) is 27.2. The van der Waals surface area contributed by atoms with Crippen LogP contribution in [-0.2, 0) is 24.9 Å². The third kappa shape index (κ3) is 7.03. The average molecular weight is 798 g/mol. The number of aromatic nitrogens is 1. The van der Waals surface area contributed by atoms with Gasteiger partial charge in [-0.05, 0) is 83.1 Å². The van der Waals surface area contributed by atoms with Gasteiger partial charge in [0.1, 0.15) is 0 Å². The number of pyridine rings is 1. The van der Waals surface area contributed by atoms with E-state index in [1.165, 1.54) is 63.5 Å². The third-order valence-electron chi connectivity index (χ3n) is 8.12. The van der Waals surface area contributed by atoms with Gasteiger partial charge < -0.3 is 5.11 Å². The minimum absolute atomic E-state index is 0. The van der Waals surface area contributed by atoms with Crippen molar-refractivity contribution in [2.75, 3.05) is 0 Å². The molecule has 1 heterocycles. The zero-order chi connectivity index (χ0) is 32.5. The summed E-state index contributed by atoms with van der Waals surface area (Å²) in [7, 11) is -1.34. The van der Waals surface area contributed by atoms with E-state index in [2.05, 4.69) is 94.2 Å². The van der Waals surface area contributed by atoms with Crippen LogP contribution in [0.15, 0.2) is 96.9 Å². The van der Waals surface area contributed by atoms with Gasteiger partial charge in [0.15, 0.2) is 5.78 Å². The molecule has 0 bridgehead atoms. The van der Waals surface area contributed by atoms with Gasteiger partial charge in [0.05, 0.1) is 19.9 Å². The van der Waals surface area contributed by atoms with Crippen molar-refractivity contribution in [3.63, 3.8) is 0 Å². The van der Waals surface area contributed by atoms with Crippen molar-refractivity contribution in [3.05, 3.63) is 120 Å². The van der Waals surface area contributed by atoms with Crippen molar-refractivity contribution in [2.45, 2.75) is 47.3 Å². The Morgan fingerprint density at radius 3 is 2.15 bits per heavy atom. The number of nitriles is 1. The van der Waals surface area contributed by atoms with Gasteiger partial charge in [0.2, 0.25) is 0 Å². The van der Waals surface area contributed by atoms with Crippen molar-refractivity contribution >= 4 is 51.4 Å². The number of ketones is 1. The molecule has 0 atom stereocenters. The number of carbonyl (C=O) groups is 1. The molecule has 0 unspecified atom stereocenters. The molecule has 0 spiro atoms. The van der Waals surface area contributed by atoms with E-state index in [1.54, 1.807) is 0 Å². The van der Waals surface area contributed by atoms with E-state index < -0.39 is 8.07 Å². The van der Waals surface area contributed by atoms with Crippen LogP contribution in [0, 0.1) is 31.2 Å². The van der Waals surface area contributed by atoms with Gasteiger partial charge in [-0.1, -0.05) is 96.4 Å². The van der Waals surface area contributed by atoms with E-state index in [1.807, 2.05) is 36.5 Å². The first-order valence-corrected chi connectivity index (χ1v) is 18.5. The second kappa shape index (κ2) is 13.9. The number of aliphatic hydroxyl groups is 1. The topological polar surface area (TPSA) is 74.0 Å². The fraction of sp³-hybridized carbons (Fsp3) is 0.175. The molecular formula is C40H37IrN2O2Si-. The molecule has 5 aromatic carbocycles. The number of allylic oxidation sites excluding steroid dienone is 2. The van der Waals surface area contributed by atoms with Crippen LogP contribution in [0.3, 0.4) is 0 Å². The molecule has 6 heteroatoms. The van der Waals surface area contributed by atoms with Gasteiger partial charge in [0, 0.05) is 38.1 Å². The summed E-state index contributed by atoms with van der Waals surface area (Å²) in [6.07, 6.45) is 3.04. The number of fused-ring (bicyclic) bond motifs is 4. The summed E-state index contributed by atoms with van der Waals surface area (Å²) in [4.78, 5) is 14.8. The number of carbonyl (C=O) groups excluding carboxylic acids is 1. The van der Waals surface area contributed by atoms with Gasteiger partial charge in [0.25, 0.3) is 0 Å². The quantitative estimate of drug-likeness (QED) is 0.0634. The number of aliphatic hydroxyl groups excluding tert-OH is 1. The standard InChI is InChI=1S/C35H29N2Si.C5H8O2.Ir/c1-22-18-33-29(23(2)34(22)24-10-12-28(13-11-24)38(3,4)5)14-15-32-31(33)16-17-37-35(32)26-19-25-8-6-7-9-30(25)27(20-26)21-36;1-4(6)3-5(2)7;/h6-18,20H,1-5H3;3,6H,1-2H3;/q-1;;/b;4-3-;. The van der Waals surface area contributed by atoms with E-state index in [-0.39, 0.29) is 31.6 Å². The zero-order valence-corrected chi connectivity index (χ0v) is 30.6. The summed E-state index contributed by atoms with van der Waals surface area (Å²) < 4.78 is 0. The van der Waals surface area contributed by atoms with Crippen LogP contribution in [0.25, 0.3) is 54.7 Å². The maximum absolute atomic E-state index is 10.0. The summed E-state index contributed by atoms with van der Waals surface area (Å²) in [5, 5.41) is 26.2. The Morgan fingerprint density at radius 2 is 1.54 bits per heavy atom. The predicted octanol–water partition coefficient (Wildman–Crippen LogP) is 9.74. The molecule has 6 aromatic rings.